The van der Waals surface area contributed by atoms with Gasteiger partial charge in [0.05, 0.1) is 5.92 Å². The van der Waals surface area contributed by atoms with Crippen molar-refractivity contribution >= 4 is 11.9 Å². The first kappa shape index (κ1) is 12.4. The topological polar surface area (TPSA) is 57.6 Å². The number of rotatable bonds is 4. The summed E-state index contributed by atoms with van der Waals surface area (Å²) in [6, 6.07) is -0.138. The molecule has 1 saturated heterocycles. The van der Waals surface area contributed by atoms with E-state index in [0.29, 0.717) is 19.4 Å². The van der Waals surface area contributed by atoms with Gasteiger partial charge in [0.2, 0.25) is 5.91 Å². The number of hydrogen-bond donors (Lipinski definition) is 1. The van der Waals surface area contributed by atoms with Gasteiger partial charge in [-0.25, -0.2) is 0 Å². The van der Waals surface area contributed by atoms with E-state index in [1.165, 1.54) is 19.3 Å². The van der Waals surface area contributed by atoms with E-state index in [0.717, 1.165) is 12.3 Å². The zero-order valence-corrected chi connectivity index (χ0v) is 10.4. The molecule has 2 atom stereocenters. The molecule has 0 aromatic carbocycles. The Hall–Kier alpha value is -1.06. The van der Waals surface area contributed by atoms with Crippen molar-refractivity contribution in [1.82, 2.24) is 4.90 Å². The lowest BCUT2D eigenvalue weighted by Gasteiger charge is -2.27. The third-order valence-corrected chi connectivity index (χ3v) is 4.38. The molecular formula is C13H21NO3. The molecule has 1 amide bonds. The third-order valence-electron chi connectivity index (χ3n) is 4.38. The van der Waals surface area contributed by atoms with Gasteiger partial charge >= 0.3 is 5.97 Å². The first-order valence-corrected chi connectivity index (χ1v) is 6.62. The van der Waals surface area contributed by atoms with E-state index in [-0.39, 0.29) is 17.9 Å². The lowest BCUT2D eigenvalue weighted by atomic mass is 9.82. The maximum Gasteiger partial charge on any atom is 0.308 e. The van der Waals surface area contributed by atoms with Gasteiger partial charge in [-0.05, 0) is 25.7 Å². The minimum absolute atomic E-state index is 0.138. The molecule has 96 valence electrons. The quantitative estimate of drug-likeness (QED) is 0.815. The van der Waals surface area contributed by atoms with E-state index in [1.54, 1.807) is 4.90 Å². The molecule has 4 heteroatoms. The van der Waals surface area contributed by atoms with Gasteiger partial charge in [-0.1, -0.05) is 19.3 Å². The smallest absolute Gasteiger partial charge is 0.308 e. The standard InChI is InChI=1S/C13H21NO3/c1-9-11(13(16)17)7-8-14(9)12(15)6-5-10-3-2-4-10/h9-11H,2-8H2,1H3,(H,16,17). The molecule has 1 aliphatic carbocycles. The molecule has 0 bridgehead atoms. The molecule has 4 nitrogen and oxygen atoms in total. The minimum Gasteiger partial charge on any atom is -0.481 e. The molecule has 0 aromatic rings. The molecule has 0 spiro atoms. The van der Waals surface area contributed by atoms with E-state index >= 15 is 0 Å². The van der Waals surface area contributed by atoms with Crippen molar-refractivity contribution < 1.29 is 14.7 Å². The van der Waals surface area contributed by atoms with Crippen molar-refractivity contribution in [2.45, 2.75) is 51.5 Å². The van der Waals surface area contributed by atoms with Crippen molar-refractivity contribution in [3.8, 4) is 0 Å². The second-order valence-electron chi connectivity index (χ2n) is 5.40. The molecular weight excluding hydrogens is 218 g/mol. The number of carbonyl (C=O) groups is 2. The maximum absolute atomic E-state index is 12.0. The van der Waals surface area contributed by atoms with Gasteiger partial charge in [0, 0.05) is 19.0 Å². The summed E-state index contributed by atoms with van der Waals surface area (Å²) in [7, 11) is 0. The van der Waals surface area contributed by atoms with E-state index in [9.17, 15) is 9.59 Å². The second kappa shape index (κ2) is 5.07. The Bertz CT molecular complexity index is 312. The van der Waals surface area contributed by atoms with Crippen LogP contribution in [0, 0.1) is 11.8 Å². The number of nitrogens with zero attached hydrogens (tertiary/aromatic N) is 1. The minimum atomic E-state index is -0.771. The summed E-state index contributed by atoms with van der Waals surface area (Å²) in [5, 5.41) is 9.01. The van der Waals surface area contributed by atoms with Crippen LogP contribution in [0.3, 0.4) is 0 Å². The zero-order valence-electron chi connectivity index (χ0n) is 10.4. The monoisotopic (exact) mass is 239 g/mol. The highest BCUT2D eigenvalue weighted by Crippen LogP contribution is 2.31. The highest BCUT2D eigenvalue weighted by Gasteiger charge is 2.37. The lowest BCUT2D eigenvalue weighted by Crippen LogP contribution is -2.37. The van der Waals surface area contributed by atoms with Crippen molar-refractivity contribution in [3.63, 3.8) is 0 Å². The Kier molecular flexibility index (Phi) is 3.69. The number of carboxylic acids is 1. The Morgan fingerprint density at radius 1 is 1.29 bits per heavy atom. The van der Waals surface area contributed by atoms with Gasteiger partial charge in [0.25, 0.3) is 0 Å². The second-order valence-corrected chi connectivity index (χ2v) is 5.40. The molecule has 1 N–H and O–H groups in total. The van der Waals surface area contributed by atoms with Crippen LogP contribution >= 0.6 is 0 Å². The molecule has 2 aliphatic rings. The maximum atomic E-state index is 12.0. The van der Waals surface area contributed by atoms with E-state index in [2.05, 4.69) is 0 Å². The van der Waals surface area contributed by atoms with Crippen molar-refractivity contribution in [1.29, 1.82) is 0 Å². The molecule has 0 aromatic heterocycles. The average Bonchev–Trinajstić information content (AvgIpc) is 2.57. The summed E-state index contributed by atoms with van der Waals surface area (Å²) in [6.07, 6.45) is 6.02. The lowest BCUT2D eigenvalue weighted by molar-refractivity contribution is -0.143. The highest BCUT2D eigenvalue weighted by atomic mass is 16.4. The summed E-state index contributed by atoms with van der Waals surface area (Å²) < 4.78 is 0. The van der Waals surface area contributed by atoms with Crippen molar-refractivity contribution in [2.24, 2.45) is 11.8 Å². The highest BCUT2D eigenvalue weighted by molar-refractivity contribution is 5.79. The Morgan fingerprint density at radius 3 is 2.47 bits per heavy atom. The molecule has 2 unspecified atom stereocenters. The fourth-order valence-corrected chi connectivity index (χ4v) is 2.87. The predicted molar refractivity (Wildman–Crippen MR) is 63.5 cm³/mol. The van der Waals surface area contributed by atoms with Gasteiger partial charge in [0.1, 0.15) is 0 Å². The fraction of sp³-hybridized carbons (Fsp3) is 0.846. The molecule has 17 heavy (non-hydrogen) atoms. The number of carbonyl (C=O) groups excluding carboxylic acids is 1. The predicted octanol–water partition coefficient (Wildman–Crippen LogP) is 1.89. The number of hydrogen-bond acceptors (Lipinski definition) is 2. The molecule has 2 rings (SSSR count). The van der Waals surface area contributed by atoms with Crippen LogP contribution in [0.2, 0.25) is 0 Å². The molecule has 0 radical (unpaired) electrons. The van der Waals surface area contributed by atoms with Gasteiger partial charge < -0.3 is 10.0 Å². The summed E-state index contributed by atoms with van der Waals surface area (Å²) in [6.45, 7) is 2.47. The number of aliphatic carboxylic acids is 1. The van der Waals surface area contributed by atoms with Gasteiger partial charge in [-0.15, -0.1) is 0 Å². The van der Waals surface area contributed by atoms with Crippen LogP contribution in [0.5, 0.6) is 0 Å². The van der Waals surface area contributed by atoms with E-state index < -0.39 is 5.97 Å². The molecule has 1 heterocycles. The number of carboxylic acid groups (broad SMARTS) is 1. The van der Waals surface area contributed by atoms with Crippen LogP contribution < -0.4 is 0 Å². The summed E-state index contributed by atoms with van der Waals surface area (Å²) in [4.78, 5) is 24.7. The number of likely N-dealkylation sites (tertiary alicyclic amines) is 1. The van der Waals surface area contributed by atoms with Gasteiger partial charge in [-0.2, -0.15) is 0 Å². The Balaban J connectivity index is 1.81. The first-order chi connectivity index (χ1) is 8.09. The Labute approximate surface area is 102 Å². The largest absolute Gasteiger partial charge is 0.481 e. The average molecular weight is 239 g/mol. The van der Waals surface area contributed by atoms with E-state index in [1.807, 2.05) is 6.92 Å². The van der Waals surface area contributed by atoms with Crippen molar-refractivity contribution in [3.05, 3.63) is 0 Å². The number of amides is 1. The van der Waals surface area contributed by atoms with Crippen molar-refractivity contribution in [2.75, 3.05) is 6.54 Å². The summed E-state index contributed by atoms with van der Waals surface area (Å²) in [5.74, 6) is -0.255. The van der Waals surface area contributed by atoms with Gasteiger partial charge in [-0.3, -0.25) is 9.59 Å². The Morgan fingerprint density at radius 2 is 2.00 bits per heavy atom. The van der Waals surface area contributed by atoms with Crippen LogP contribution in [0.25, 0.3) is 0 Å². The zero-order chi connectivity index (χ0) is 12.4. The third kappa shape index (κ3) is 2.61. The van der Waals surface area contributed by atoms with Crippen LogP contribution in [0.4, 0.5) is 0 Å². The summed E-state index contributed by atoms with van der Waals surface area (Å²) >= 11 is 0. The van der Waals surface area contributed by atoms with Crippen LogP contribution in [0.1, 0.15) is 45.4 Å². The molecule has 2 fully saturated rings. The summed E-state index contributed by atoms with van der Waals surface area (Å²) in [5.41, 5.74) is 0. The van der Waals surface area contributed by atoms with E-state index in [4.69, 9.17) is 5.11 Å². The van der Waals surface area contributed by atoms with Crippen LogP contribution in [-0.2, 0) is 9.59 Å². The van der Waals surface area contributed by atoms with Crippen LogP contribution in [0.15, 0.2) is 0 Å². The van der Waals surface area contributed by atoms with Gasteiger partial charge in [0.15, 0.2) is 0 Å². The normalized spacial score (nSPS) is 29.1. The first-order valence-electron chi connectivity index (χ1n) is 6.62. The van der Waals surface area contributed by atoms with Crippen LogP contribution in [-0.4, -0.2) is 34.5 Å². The molecule has 1 saturated carbocycles. The fourth-order valence-electron chi connectivity index (χ4n) is 2.87. The molecule has 1 aliphatic heterocycles. The SMILES string of the molecule is CC1C(C(=O)O)CCN1C(=O)CCC1CCC1.